The van der Waals surface area contributed by atoms with Gasteiger partial charge in [-0.1, -0.05) is 13.0 Å². The van der Waals surface area contributed by atoms with E-state index in [1.165, 1.54) is 16.4 Å². The molecule has 0 spiro atoms. The van der Waals surface area contributed by atoms with Gasteiger partial charge in [0, 0.05) is 18.7 Å². The van der Waals surface area contributed by atoms with E-state index in [1.54, 1.807) is 20.8 Å². The van der Waals surface area contributed by atoms with Crippen molar-refractivity contribution in [2.75, 3.05) is 6.54 Å². The molecular weight excluding hydrogens is 297 g/mol. The van der Waals surface area contributed by atoms with Crippen molar-refractivity contribution in [2.45, 2.75) is 31.7 Å². The van der Waals surface area contributed by atoms with Crippen molar-refractivity contribution in [3.8, 4) is 0 Å². The molecule has 5 nitrogen and oxygen atoms in total. The van der Waals surface area contributed by atoms with Crippen LogP contribution in [0.15, 0.2) is 29.2 Å². The van der Waals surface area contributed by atoms with Crippen LogP contribution in [0, 0.1) is 5.82 Å². The number of rotatable bonds is 6. The minimum atomic E-state index is -3.91. The van der Waals surface area contributed by atoms with Gasteiger partial charge in [-0.05, 0) is 37.6 Å². The van der Waals surface area contributed by atoms with Gasteiger partial charge in [0.05, 0.1) is 0 Å². The van der Waals surface area contributed by atoms with E-state index >= 15 is 0 Å². The SMILES string of the molecule is CCN(C(C)C)S(=O)(=O)c1ccc(/C=C/C(=O)O)cc1F. The molecule has 0 aliphatic heterocycles. The number of carbonyl (C=O) groups is 1. The number of carboxylic acid groups (broad SMARTS) is 1. The quantitative estimate of drug-likeness (QED) is 0.818. The lowest BCUT2D eigenvalue weighted by Gasteiger charge is -2.24. The Morgan fingerprint density at radius 3 is 2.48 bits per heavy atom. The molecule has 0 aliphatic rings. The summed E-state index contributed by atoms with van der Waals surface area (Å²) >= 11 is 0. The maximum atomic E-state index is 14.0. The smallest absolute Gasteiger partial charge is 0.328 e. The summed E-state index contributed by atoms with van der Waals surface area (Å²) in [5.41, 5.74) is 0.279. The molecule has 0 saturated heterocycles. The van der Waals surface area contributed by atoms with Crippen LogP contribution < -0.4 is 0 Å². The highest BCUT2D eigenvalue weighted by Gasteiger charge is 2.28. The third-order valence-electron chi connectivity index (χ3n) is 2.85. The van der Waals surface area contributed by atoms with Gasteiger partial charge in [0.15, 0.2) is 0 Å². The Hall–Kier alpha value is -1.73. The first-order valence-electron chi connectivity index (χ1n) is 6.42. The molecule has 0 saturated carbocycles. The average Bonchev–Trinajstić information content (AvgIpc) is 2.35. The third kappa shape index (κ3) is 4.12. The Morgan fingerprint density at radius 2 is 2.05 bits per heavy atom. The van der Waals surface area contributed by atoms with Gasteiger partial charge in [-0.2, -0.15) is 4.31 Å². The van der Waals surface area contributed by atoms with Crippen molar-refractivity contribution < 1.29 is 22.7 Å². The maximum Gasteiger partial charge on any atom is 0.328 e. The molecule has 21 heavy (non-hydrogen) atoms. The minimum absolute atomic E-state index is 0.236. The van der Waals surface area contributed by atoms with Crippen molar-refractivity contribution in [1.82, 2.24) is 4.31 Å². The average molecular weight is 315 g/mol. The van der Waals surface area contributed by atoms with Gasteiger partial charge in [0.2, 0.25) is 10.0 Å². The first-order valence-corrected chi connectivity index (χ1v) is 7.86. The van der Waals surface area contributed by atoms with E-state index in [0.29, 0.717) is 0 Å². The summed E-state index contributed by atoms with van der Waals surface area (Å²) in [7, 11) is -3.91. The lowest BCUT2D eigenvalue weighted by Crippen LogP contribution is -2.37. The zero-order valence-corrected chi connectivity index (χ0v) is 12.9. The lowest BCUT2D eigenvalue weighted by atomic mass is 10.2. The zero-order valence-electron chi connectivity index (χ0n) is 12.1. The molecule has 0 atom stereocenters. The molecule has 0 bridgehead atoms. The maximum absolute atomic E-state index is 14.0. The van der Waals surface area contributed by atoms with Gasteiger partial charge >= 0.3 is 5.97 Å². The fourth-order valence-corrected chi connectivity index (χ4v) is 3.63. The number of sulfonamides is 1. The summed E-state index contributed by atoms with van der Waals surface area (Å²) in [5.74, 6) is -2.06. The van der Waals surface area contributed by atoms with Crippen molar-refractivity contribution in [3.05, 3.63) is 35.7 Å². The number of hydrogen-bond acceptors (Lipinski definition) is 3. The molecule has 116 valence electrons. The van der Waals surface area contributed by atoms with Crippen LogP contribution in [0.3, 0.4) is 0 Å². The van der Waals surface area contributed by atoms with Gasteiger partial charge in [-0.3, -0.25) is 0 Å². The first kappa shape index (κ1) is 17.3. The molecule has 0 aliphatic carbocycles. The second-order valence-corrected chi connectivity index (χ2v) is 6.52. The van der Waals surface area contributed by atoms with Crippen LogP contribution >= 0.6 is 0 Å². The fourth-order valence-electron chi connectivity index (χ4n) is 1.94. The van der Waals surface area contributed by atoms with Crippen LogP contribution in [0.1, 0.15) is 26.3 Å². The fraction of sp³-hybridized carbons (Fsp3) is 0.357. The van der Waals surface area contributed by atoms with Crippen LogP contribution in [-0.2, 0) is 14.8 Å². The first-order chi connectivity index (χ1) is 9.70. The lowest BCUT2D eigenvalue weighted by molar-refractivity contribution is -0.131. The largest absolute Gasteiger partial charge is 0.478 e. The summed E-state index contributed by atoms with van der Waals surface area (Å²) in [6, 6.07) is 3.23. The Kier molecular flexibility index (Phi) is 5.62. The van der Waals surface area contributed by atoms with Crippen molar-refractivity contribution in [1.29, 1.82) is 0 Å². The number of benzene rings is 1. The highest BCUT2D eigenvalue weighted by atomic mass is 32.2. The number of aliphatic carboxylic acids is 1. The molecule has 1 N–H and O–H groups in total. The van der Waals surface area contributed by atoms with Gasteiger partial charge < -0.3 is 5.11 Å². The van der Waals surface area contributed by atoms with Crippen molar-refractivity contribution in [3.63, 3.8) is 0 Å². The number of carboxylic acids is 1. The summed E-state index contributed by atoms with van der Waals surface area (Å²) in [5, 5.41) is 8.51. The second-order valence-electron chi connectivity index (χ2n) is 4.66. The van der Waals surface area contributed by atoms with Crippen LogP contribution in [-0.4, -0.2) is 36.4 Å². The molecule has 1 aromatic carbocycles. The molecule has 0 radical (unpaired) electrons. The molecule has 0 amide bonds. The molecule has 7 heteroatoms. The van der Waals surface area contributed by atoms with E-state index in [4.69, 9.17) is 5.11 Å². The molecule has 0 unspecified atom stereocenters. The third-order valence-corrected chi connectivity index (χ3v) is 5.03. The van der Waals surface area contributed by atoms with E-state index < -0.39 is 26.7 Å². The molecule has 0 heterocycles. The van der Waals surface area contributed by atoms with Crippen LogP contribution in [0.25, 0.3) is 6.08 Å². The second kappa shape index (κ2) is 6.82. The van der Waals surface area contributed by atoms with E-state index in [9.17, 15) is 17.6 Å². The Morgan fingerprint density at radius 1 is 1.43 bits per heavy atom. The van der Waals surface area contributed by atoms with Gasteiger partial charge in [0.1, 0.15) is 10.7 Å². The number of nitrogens with zero attached hydrogens (tertiary/aromatic N) is 1. The highest BCUT2D eigenvalue weighted by molar-refractivity contribution is 7.89. The molecule has 0 fully saturated rings. The van der Waals surface area contributed by atoms with Crippen LogP contribution in [0.5, 0.6) is 0 Å². The van der Waals surface area contributed by atoms with Crippen LogP contribution in [0.2, 0.25) is 0 Å². The Labute approximate surface area is 123 Å². The minimum Gasteiger partial charge on any atom is -0.478 e. The standard InChI is InChI=1S/C14H18FNO4S/c1-4-16(10(2)3)21(19,20)13-7-5-11(9-12(13)15)6-8-14(17)18/h5-10H,4H2,1-3H3,(H,17,18)/b8-6+. The normalized spacial score (nSPS) is 12.5. The van der Waals surface area contributed by atoms with Gasteiger partial charge in [-0.25, -0.2) is 17.6 Å². The predicted molar refractivity (Wildman–Crippen MR) is 77.8 cm³/mol. The molecular formula is C14H18FNO4S. The van der Waals surface area contributed by atoms with E-state index in [2.05, 4.69) is 0 Å². The van der Waals surface area contributed by atoms with E-state index in [0.717, 1.165) is 18.2 Å². The molecule has 1 rings (SSSR count). The van der Waals surface area contributed by atoms with Crippen molar-refractivity contribution >= 4 is 22.1 Å². The predicted octanol–water partition coefficient (Wildman–Crippen LogP) is 2.34. The zero-order chi connectivity index (χ0) is 16.2. The Balaban J connectivity index is 3.24. The van der Waals surface area contributed by atoms with Gasteiger partial charge in [-0.15, -0.1) is 0 Å². The van der Waals surface area contributed by atoms with Crippen LogP contribution in [0.4, 0.5) is 4.39 Å². The number of hydrogen-bond donors (Lipinski definition) is 1. The summed E-state index contributed by atoms with van der Waals surface area (Å²) in [6.07, 6.45) is 2.05. The van der Waals surface area contributed by atoms with E-state index in [1.807, 2.05) is 0 Å². The molecule has 0 aromatic heterocycles. The Bertz CT molecular complexity index is 653. The monoisotopic (exact) mass is 315 g/mol. The topological polar surface area (TPSA) is 74.7 Å². The summed E-state index contributed by atoms with van der Waals surface area (Å²) in [4.78, 5) is 9.99. The number of halogens is 1. The summed E-state index contributed by atoms with van der Waals surface area (Å²) in [6.45, 7) is 5.34. The molecule has 1 aromatic rings. The van der Waals surface area contributed by atoms with Crippen molar-refractivity contribution in [2.24, 2.45) is 0 Å². The summed E-state index contributed by atoms with van der Waals surface area (Å²) < 4.78 is 40.0. The van der Waals surface area contributed by atoms with E-state index in [-0.39, 0.29) is 18.2 Å². The van der Waals surface area contributed by atoms with Gasteiger partial charge in [0.25, 0.3) is 0 Å². The highest BCUT2D eigenvalue weighted by Crippen LogP contribution is 2.22.